The molecule has 0 amide bonds. The highest BCUT2D eigenvalue weighted by Gasteiger charge is 2.40. The number of halogens is 3. The highest BCUT2D eigenvalue weighted by Crippen LogP contribution is 2.43. The van der Waals surface area contributed by atoms with E-state index in [1.165, 1.54) is 47.1 Å². The maximum absolute atomic E-state index is 13.0. The maximum atomic E-state index is 13.0. The minimum atomic E-state index is -4.87. The van der Waals surface area contributed by atoms with Crippen molar-refractivity contribution in [2.75, 3.05) is 7.11 Å². The predicted octanol–water partition coefficient (Wildman–Crippen LogP) is 15.6. The Bertz CT molecular complexity index is 3630. The van der Waals surface area contributed by atoms with Gasteiger partial charge in [-0.05, 0) is 133 Å². The SMILES string of the molecule is COC(=O)c1sc(Oc2ccc3c(c2)CCC(c2ccccc2)O3)nc1C.O=C(O)c1sc(Oc2ccc3c(c2)CCC(c2ccccc2)O3)nc1C(F)(F)F.O=Cc1cnc(Oc2ccc3c(c2)CCC(c2ccccc2)O3)s1. The number of aromatic nitrogens is 3. The molecule has 80 heavy (non-hydrogen) atoms. The maximum Gasteiger partial charge on any atom is 0.435 e. The van der Waals surface area contributed by atoms with Crippen LogP contribution in [0.5, 0.6) is 50.1 Å². The summed E-state index contributed by atoms with van der Waals surface area (Å²) >= 11 is 2.75. The number of aromatic carboxylic acids is 1. The highest BCUT2D eigenvalue weighted by atomic mass is 32.1. The smallest absolute Gasteiger partial charge is 0.435 e. The molecule has 3 aromatic heterocycles. The molecule has 3 aliphatic heterocycles. The van der Waals surface area contributed by atoms with Crippen molar-refractivity contribution >= 4 is 52.2 Å². The van der Waals surface area contributed by atoms with E-state index in [1.807, 2.05) is 103 Å². The number of rotatable bonds is 12. The summed E-state index contributed by atoms with van der Waals surface area (Å²) in [7, 11) is 1.36. The average molecular weight is 1140 g/mol. The van der Waals surface area contributed by atoms with E-state index in [1.54, 1.807) is 25.1 Å². The fourth-order valence-electron chi connectivity index (χ4n) is 9.05. The number of fused-ring (bicyclic) bond motifs is 3. The molecule has 6 heterocycles. The molecule has 20 heteroatoms. The Morgan fingerprint density at radius 3 is 1.38 bits per heavy atom. The zero-order chi connectivity index (χ0) is 55.8. The number of carboxylic acids is 1. The van der Waals surface area contributed by atoms with Gasteiger partial charge in [0.05, 0.1) is 23.9 Å². The van der Waals surface area contributed by atoms with Crippen LogP contribution in [0.3, 0.4) is 0 Å². The standard InChI is InChI=1S/C21H19NO4S.C20H14F3NO4S.C19H15NO3S/c1-13-19(20(23)24-2)27-21(22-13)25-16-9-11-18-15(12-16)8-10-17(26-18)14-6-4-3-5-7-14;21-20(22,23)17-16(18(25)26)29-19(24-17)27-13-7-9-15-12(10-13)6-8-14(28-15)11-4-2-1-3-5-11;21-12-16-11-20-19(24-16)22-15-7-9-18-14(10-15)6-8-17(23-18)13-4-2-1-3-5-13/h3-7,9,11-12,17H,8,10H2,1-2H3;1-5,7,9-10,14H,6,8H2,(H,25,26);1-5,7,9-12,17H,6,8H2. The van der Waals surface area contributed by atoms with Gasteiger partial charge < -0.3 is 38.3 Å². The van der Waals surface area contributed by atoms with Gasteiger partial charge in [0.15, 0.2) is 12.0 Å². The number of carbonyl (C=O) groups excluding carboxylic acids is 2. The van der Waals surface area contributed by atoms with Crippen molar-refractivity contribution in [3.05, 3.63) is 211 Å². The molecular weight excluding hydrogens is 1090 g/mol. The lowest BCUT2D eigenvalue weighted by molar-refractivity contribution is -0.141. The number of hydrogen-bond acceptors (Lipinski definition) is 16. The van der Waals surface area contributed by atoms with Gasteiger partial charge in [-0.2, -0.15) is 18.2 Å². The fourth-order valence-corrected chi connectivity index (χ4v) is 11.3. The number of carbonyl (C=O) groups is 3. The molecule has 0 spiro atoms. The Hall–Kier alpha value is -8.59. The summed E-state index contributed by atoms with van der Waals surface area (Å²) in [5.41, 5.74) is 5.71. The molecule has 1 N–H and O–H groups in total. The van der Waals surface area contributed by atoms with E-state index in [0.717, 1.165) is 72.1 Å². The van der Waals surface area contributed by atoms with Gasteiger partial charge in [-0.1, -0.05) is 125 Å². The monoisotopic (exact) mass is 1140 g/mol. The quantitative estimate of drug-likeness (QED) is 0.0903. The summed E-state index contributed by atoms with van der Waals surface area (Å²) < 4.78 is 79.0. The first-order chi connectivity index (χ1) is 38.8. The van der Waals surface area contributed by atoms with E-state index < -0.39 is 28.7 Å². The minimum absolute atomic E-state index is 0.0677. The lowest BCUT2D eigenvalue weighted by Gasteiger charge is -2.26. The lowest BCUT2D eigenvalue weighted by Crippen LogP contribution is -2.15. The molecule has 9 aromatic rings. The van der Waals surface area contributed by atoms with Crippen molar-refractivity contribution in [3.8, 4) is 50.1 Å². The van der Waals surface area contributed by atoms with Crippen LogP contribution in [-0.2, 0) is 30.2 Å². The van der Waals surface area contributed by atoms with Crippen LogP contribution in [0.2, 0.25) is 0 Å². The number of aldehydes is 1. The van der Waals surface area contributed by atoms with Crippen molar-refractivity contribution in [1.29, 1.82) is 0 Å². The van der Waals surface area contributed by atoms with Crippen LogP contribution in [0, 0.1) is 6.92 Å². The second kappa shape index (κ2) is 24.6. The van der Waals surface area contributed by atoms with Gasteiger partial charge in [0.1, 0.15) is 62.6 Å². The molecule has 3 unspecified atom stereocenters. The number of esters is 1. The van der Waals surface area contributed by atoms with Gasteiger partial charge in [0.2, 0.25) is 0 Å². The third kappa shape index (κ3) is 13.3. The number of nitrogens with zero attached hydrogens (tertiary/aromatic N) is 3. The molecular formula is C60H48F3N3O11S3. The Morgan fingerprint density at radius 1 is 0.588 bits per heavy atom. The van der Waals surface area contributed by atoms with E-state index in [4.69, 9.17) is 38.3 Å². The van der Waals surface area contributed by atoms with E-state index in [0.29, 0.717) is 60.8 Å². The predicted molar refractivity (Wildman–Crippen MR) is 294 cm³/mol. The zero-order valence-electron chi connectivity index (χ0n) is 42.7. The summed E-state index contributed by atoms with van der Waals surface area (Å²) in [5, 5.41) is 9.49. The average Bonchev–Trinajstić information content (AvgIpc) is 4.35. The van der Waals surface area contributed by atoms with Crippen LogP contribution >= 0.6 is 34.0 Å². The molecule has 0 bridgehead atoms. The highest BCUT2D eigenvalue weighted by molar-refractivity contribution is 7.16. The van der Waals surface area contributed by atoms with E-state index in [-0.39, 0.29) is 29.3 Å². The summed E-state index contributed by atoms with van der Waals surface area (Å²) in [6, 6.07) is 46.8. The number of hydrogen-bond donors (Lipinski definition) is 1. The minimum Gasteiger partial charge on any atom is -0.485 e. The molecule has 14 nitrogen and oxygen atoms in total. The van der Waals surface area contributed by atoms with E-state index >= 15 is 0 Å². The summed E-state index contributed by atoms with van der Waals surface area (Å²) in [6.45, 7) is 1.76. The summed E-state index contributed by atoms with van der Waals surface area (Å²) in [6.07, 6.45) is 2.68. The number of alkyl halides is 3. The van der Waals surface area contributed by atoms with Crippen molar-refractivity contribution in [2.45, 2.75) is 69.9 Å². The van der Waals surface area contributed by atoms with E-state index in [2.05, 4.69) is 39.2 Å². The first-order valence-corrected chi connectivity index (χ1v) is 27.6. The molecule has 0 saturated heterocycles. The molecule has 0 fully saturated rings. The van der Waals surface area contributed by atoms with Crippen LogP contribution in [0.15, 0.2) is 152 Å². The first kappa shape index (κ1) is 54.8. The molecule has 0 aliphatic carbocycles. The molecule has 0 saturated carbocycles. The van der Waals surface area contributed by atoms with Crippen LogP contribution < -0.4 is 28.4 Å². The molecule has 3 atom stereocenters. The summed E-state index contributed by atoms with van der Waals surface area (Å²) in [5.74, 6) is 2.02. The third-order valence-corrected chi connectivity index (χ3v) is 15.6. The van der Waals surface area contributed by atoms with Crippen LogP contribution in [0.1, 0.15) is 111 Å². The number of carboxylic acid groups (broad SMARTS) is 1. The number of methoxy groups -OCH3 is 1. The normalized spacial score (nSPS) is 15.9. The topological polar surface area (TPSA) is 175 Å². The number of thiazole rings is 3. The first-order valence-electron chi connectivity index (χ1n) is 25.1. The van der Waals surface area contributed by atoms with Gasteiger partial charge in [-0.3, -0.25) is 4.79 Å². The zero-order valence-corrected chi connectivity index (χ0v) is 45.2. The molecule has 6 aromatic carbocycles. The van der Waals surface area contributed by atoms with Crippen molar-refractivity contribution in [3.63, 3.8) is 0 Å². The van der Waals surface area contributed by atoms with Gasteiger partial charge in [-0.25, -0.2) is 19.6 Å². The molecule has 408 valence electrons. The van der Waals surface area contributed by atoms with Gasteiger partial charge in [0, 0.05) is 0 Å². The summed E-state index contributed by atoms with van der Waals surface area (Å²) in [4.78, 5) is 45.3. The Morgan fingerprint density at radius 2 is 1.00 bits per heavy atom. The van der Waals surface area contributed by atoms with Gasteiger partial charge in [-0.15, -0.1) is 0 Å². The molecule has 12 rings (SSSR count). The van der Waals surface area contributed by atoms with Crippen LogP contribution in [-0.4, -0.2) is 45.4 Å². The number of benzene rings is 6. The van der Waals surface area contributed by atoms with Crippen molar-refractivity contribution in [1.82, 2.24) is 15.0 Å². The fraction of sp³-hybridized carbons (Fsp3) is 0.200. The van der Waals surface area contributed by atoms with Crippen molar-refractivity contribution < 1.29 is 65.8 Å². The Balaban J connectivity index is 0.000000136. The Labute approximate surface area is 469 Å². The van der Waals surface area contributed by atoms with Gasteiger partial charge in [0.25, 0.3) is 15.6 Å². The number of ether oxygens (including phenoxy) is 7. The van der Waals surface area contributed by atoms with Gasteiger partial charge >= 0.3 is 18.1 Å². The largest absolute Gasteiger partial charge is 0.485 e. The molecule has 3 aliphatic rings. The second-order valence-corrected chi connectivity index (χ2v) is 21.2. The van der Waals surface area contributed by atoms with Crippen LogP contribution in [0.4, 0.5) is 13.2 Å². The van der Waals surface area contributed by atoms with Crippen LogP contribution in [0.25, 0.3) is 0 Å². The Kier molecular flexibility index (Phi) is 16.8. The van der Waals surface area contributed by atoms with Crippen molar-refractivity contribution in [2.24, 2.45) is 0 Å². The second-order valence-electron chi connectivity index (χ2n) is 18.3. The third-order valence-electron chi connectivity index (χ3n) is 12.9. The number of aryl methyl sites for hydroxylation is 4. The molecule has 0 radical (unpaired) electrons. The lowest BCUT2D eigenvalue weighted by atomic mass is 9.97. The van der Waals surface area contributed by atoms with E-state index in [9.17, 15) is 27.6 Å².